The molecular weight excluding hydrogens is 476 g/mol. The first-order valence-electron chi connectivity index (χ1n) is 11.5. The van der Waals surface area contributed by atoms with Crippen LogP contribution in [0.1, 0.15) is 23.4 Å². The minimum atomic E-state index is -3.70. The minimum Gasteiger partial charge on any atom is -0.482 e. The largest absolute Gasteiger partial charge is 0.482 e. The molecule has 0 N–H and O–H groups in total. The summed E-state index contributed by atoms with van der Waals surface area (Å²) in [5.41, 5.74) is 0.265. The smallest absolute Gasteiger partial charge is 0.289 e. The minimum absolute atomic E-state index is 0.0685. The summed E-state index contributed by atoms with van der Waals surface area (Å²) in [6, 6.07) is 7.65. The van der Waals surface area contributed by atoms with Crippen LogP contribution in [0.4, 0.5) is 5.69 Å². The van der Waals surface area contributed by atoms with Crippen molar-refractivity contribution >= 4 is 33.4 Å². The van der Waals surface area contributed by atoms with Gasteiger partial charge in [0, 0.05) is 39.3 Å². The molecule has 0 saturated carbocycles. The van der Waals surface area contributed by atoms with Crippen molar-refractivity contribution in [1.29, 1.82) is 0 Å². The Labute approximate surface area is 202 Å². The lowest BCUT2D eigenvalue weighted by Crippen LogP contribution is -2.53. The van der Waals surface area contributed by atoms with Crippen LogP contribution < -0.4 is 9.64 Å². The Kier molecular flexibility index (Phi) is 6.24. The molecule has 11 nitrogen and oxygen atoms in total. The number of nitrogens with zero attached hydrogens (tertiary/aromatic N) is 4. The third-order valence-corrected chi connectivity index (χ3v) is 8.42. The van der Waals surface area contributed by atoms with E-state index in [9.17, 15) is 22.8 Å². The number of benzene rings is 1. The number of hydrogen-bond donors (Lipinski definition) is 0. The Bertz CT molecular complexity index is 1230. The molecule has 3 amide bonds. The first-order valence-corrected chi connectivity index (χ1v) is 13.0. The molecule has 35 heavy (non-hydrogen) atoms. The molecule has 2 aromatic rings. The summed E-state index contributed by atoms with van der Waals surface area (Å²) in [7, 11) is -3.70. The second-order valence-electron chi connectivity index (χ2n) is 8.66. The fraction of sp³-hybridized carbons (Fsp3) is 0.435. The van der Waals surface area contributed by atoms with Crippen LogP contribution in [0.2, 0.25) is 0 Å². The van der Waals surface area contributed by atoms with E-state index in [1.807, 2.05) is 0 Å². The molecule has 4 heterocycles. The highest BCUT2D eigenvalue weighted by Gasteiger charge is 2.34. The first kappa shape index (κ1) is 23.4. The summed E-state index contributed by atoms with van der Waals surface area (Å²) in [5, 5.41) is 0. The van der Waals surface area contributed by atoms with Crippen LogP contribution in [0.3, 0.4) is 0 Å². The van der Waals surface area contributed by atoms with Crippen LogP contribution in [0.5, 0.6) is 5.75 Å². The van der Waals surface area contributed by atoms with Crippen LogP contribution in [0.15, 0.2) is 45.9 Å². The van der Waals surface area contributed by atoms with Crippen molar-refractivity contribution in [3.63, 3.8) is 0 Å². The van der Waals surface area contributed by atoms with E-state index < -0.39 is 15.9 Å². The van der Waals surface area contributed by atoms with Gasteiger partial charge in [-0.2, -0.15) is 4.31 Å². The number of piperazine rings is 1. The Morgan fingerprint density at radius 1 is 0.943 bits per heavy atom. The summed E-state index contributed by atoms with van der Waals surface area (Å²) in [6.45, 7) is 1.78. The molecule has 0 unspecified atom stereocenters. The molecule has 0 spiro atoms. The van der Waals surface area contributed by atoms with Gasteiger partial charge in [-0.3, -0.25) is 19.3 Å². The SMILES string of the molecule is O=C(CN1C(=O)COc2ccc(S(=O)(=O)N3CCCC3)cc21)N1CCN(C(=O)c2ccco2)CC1. The molecule has 2 saturated heterocycles. The van der Waals surface area contributed by atoms with Crippen LogP contribution >= 0.6 is 0 Å². The molecule has 12 heteroatoms. The molecule has 0 aliphatic carbocycles. The number of fused-ring (bicyclic) bond motifs is 1. The number of furan rings is 1. The van der Waals surface area contributed by atoms with Crippen molar-refractivity contribution in [1.82, 2.24) is 14.1 Å². The maximum atomic E-state index is 13.1. The summed E-state index contributed by atoms with van der Waals surface area (Å²) >= 11 is 0. The predicted octanol–water partition coefficient (Wildman–Crippen LogP) is 0.774. The Balaban J connectivity index is 1.29. The van der Waals surface area contributed by atoms with Crippen molar-refractivity contribution in [3.05, 3.63) is 42.4 Å². The van der Waals surface area contributed by atoms with Gasteiger partial charge < -0.3 is 19.0 Å². The zero-order chi connectivity index (χ0) is 24.6. The lowest BCUT2D eigenvalue weighted by atomic mass is 10.2. The van der Waals surface area contributed by atoms with E-state index in [0.29, 0.717) is 45.0 Å². The van der Waals surface area contributed by atoms with Crippen molar-refractivity contribution < 1.29 is 32.0 Å². The van der Waals surface area contributed by atoms with Crippen molar-refractivity contribution in [3.8, 4) is 5.75 Å². The van der Waals surface area contributed by atoms with Crippen LogP contribution in [-0.4, -0.2) is 92.7 Å². The van der Waals surface area contributed by atoms with E-state index in [1.54, 1.807) is 21.9 Å². The quantitative estimate of drug-likeness (QED) is 0.592. The van der Waals surface area contributed by atoms with Gasteiger partial charge in [-0.25, -0.2) is 8.42 Å². The van der Waals surface area contributed by atoms with Gasteiger partial charge in [0.1, 0.15) is 12.3 Å². The zero-order valence-corrected chi connectivity index (χ0v) is 19.9. The van der Waals surface area contributed by atoms with Gasteiger partial charge in [-0.05, 0) is 43.2 Å². The maximum absolute atomic E-state index is 13.1. The van der Waals surface area contributed by atoms with Gasteiger partial charge >= 0.3 is 0 Å². The molecule has 0 atom stereocenters. The van der Waals surface area contributed by atoms with Crippen LogP contribution in [0, 0.1) is 0 Å². The second kappa shape index (κ2) is 9.34. The van der Waals surface area contributed by atoms with E-state index >= 15 is 0 Å². The average Bonchev–Trinajstić information content (AvgIpc) is 3.60. The average molecular weight is 503 g/mol. The fourth-order valence-corrected chi connectivity index (χ4v) is 6.08. The molecule has 186 valence electrons. The molecule has 3 aliphatic rings. The third-order valence-electron chi connectivity index (χ3n) is 6.52. The number of ether oxygens (including phenoxy) is 1. The number of hydrogen-bond acceptors (Lipinski definition) is 7. The number of anilines is 1. The zero-order valence-electron chi connectivity index (χ0n) is 19.1. The van der Waals surface area contributed by atoms with Gasteiger partial charge in [-0.15, -0.1) is 0 Å². The number of amides is 3. The van der Waals surface area contributed by atoms with Crippen molar-refractivity contribution in [2.45, 2.75) is 17.7 Å². The molecule has 2 fully saturated rings. The monoisotopic (exact) mass is 502 g/mol. The van der Waals surface area contributed by atoms with E-state index in [2.05, 4.69) is 0 Å². The van der Waals surface area contributed by atoms with Gasteiger partial charge in [0.05, 0.1) is 16.8 Å². The molecule has 1 aromatic heterocycles. The van der Waals surface area contributed by atoms with E-state index in [1.165, 1.54) is 33.7 Å². The van der Waals surface area contributed by atoms with Gasteiger partial charge in [-0.1, -0.05) is 0 Å². The van der Waals surface area contributed by atoms with Crippen LogP contribution in [-0.2, 0) is 19.6 Å². The molecule has 0 bridgehead atoms. The molecule has 5 rings (SSSR count). The normalized spacial score (nSPS) is 19.0. The Hall–Kier alpha value is -3.38. The molecule has 0 radical (unpaired) electrons. The number of rotatable bonds is 5. The highest BCUT2D eigenvalue weighted by Crippen LogP contribution is 2.35. The van der Waals surface area contributed by atoms with Gasteiger partial charge in [0.15, 0.2) is 12.4 Å². The number of carbonyl (C=O) groups excluding carboxylic acids is 3. The summed E-state index contributed by atoms with van der Waals surface area (Å²) < 4.78 is 38.1. The maximum Gasteiger partial charge on any atom is 0.289 e. The van der Waals surface area contributed by atoms with Gasteiger partial charge in [0.25, 0.3) is 11.8 Å². The van der Waals surface area contributed by atoms with Crippen molar-refractivity contribution in [2.24, 2.45) is 0 Å². The third kappa shape index (κ3) is 4.50. The lowest BCUT2D eigenvalue weighted by molar-refractivity contribution is -0.133. The summed E-state index contributed by atoms with van der Waals surface area (Å²) in [5.74, 6) is -0.338. The molecule has 3 aliphatic heterocycles. The van der Waals surface area contributed by atoms with Crippen molar-refractivity contribution in [2.75, 3.05) is 57.3 Å². The first-order chi connectivity index (χ1) is 16.8. The molecular formula is C23H26N4O7S. The second-order valence-corrected chi connectivity index (χ2v) is 10.6. The van der Waals surface area contributed by atoms with Gasteiger partial charge in [0.2, 0.25) is 15.9 Å². The molecule has 1 aromatic carbocycles. The number of sulfonamides is 1. The van der Waals surface area contributed by atoms with E-state index in [-0.39, 0.29) is 41.3 Å². The summed E-state index contributed by atoms with van der Waals surface area (Å²) in [4.78, 5) is 42.8. The van der Waals surface area contributed by atoms with Crippen LogP contribution in [0.25, 0.3) is 0 Å². The lowest BCUT2D eigenvalue weighted by Gasteiger charge is -2.36. The predicted molar refractivity (Wildman–Crippen MR) is 123 cm³/mol. The summed E-state index contributed by atoms with van der Waals surface area (Å²) in [6.07, 6.45) is 3.06. The highest BCUT2D eigenvalue weighted by molar-refractivity contribution is 7.89. The number of carbonyl (C=O) groups is 3. The topological polar surface area (TPSA) is 121 Å². The Morgan fingerprint density at radius 3 is 2.34 bits per heavy atom. The standard InChI is InChI=1S/C23H26N4O7S/c28-21(24-9-11-25(12-10-24)23(30)20-4-3-13-33-20)15-27-18-14-17(5-6-19(18)34-16-22(27)29)35(31,32)26-7-1-2-8-26/h3-6,13-14H,1-2,7-12,15-16H2. The van der Waals surface area contributed by atoms with E-state index in [0.717, 1.165) is 12.8 Å². The fourth-order valence-electron chi connectivity index (χ4n) is 4.54. The highest BCUT2D eigenvalue weighted by atomic mass is 32.2. The Morgan fingerprint density at radius 2 is 1.66 bits per heavy atom. The van der Waals surface area contributed by atoms with E-state index in [4.69, 9.17) is 9.15 Å².